The van der Waals surface area contributed by atoms with E-state index in [1.807, 2.05) is 0 Å². The molecule has 0 radical (unpaired) electrons. The number of esters is 1. The molecular weight excluding hydrogens is 287 g/mol. The number of aromatic nitrogens is 4. The van der Waals surface area contributed by atoms with Gasteiger partial charge in [-0.1, -0.05) is 0 Å². The number of fused-ring (bicyclic) bond motifs is 1. The third-order valence-corrected chi connectivity index (χ3v) is 3.12. The summed E-state index contributed by atoms with van der Waals surface area (Å²) < 4.78 is 20.6. The Morgan fingerprint density at radius 3 is 2.95 bits per heavy atom. The second kappa shape index (κ2) is 5.51. The molecule has 0 bridgehead atoms. The number of aryl methyl sites for hydroxylation is 1. The molecular formula is C15H13FN4O2. The van der Waals surface area contributed by atoms with Crippen molar-refractivity contribution in [1.29, 1.82) is 0 Å². The zero-order chi connectivity index (χ0) is 15.7. The highest BCUT2D eigenvalue weighted by Gasteiger charge is 2.25. The highest BCUT2D eigenvalue weighted by atomic mass is 19.1. The van der Waals surface area contributed by atoms with E-state index in [9.17, 15) is 9.18 Å². The lowest BCUT2D eigenvalue weighted by Crippen LogP contribution is -2.07. The van der Waals surface area contributed by atoms with Crippen molar-refractivity contribution < 1.29 is 13.9 Å². The predicted octanol–water partition coefficient (Wildman–Crippen LogP) is 2.42. The molecule has 0 saturated heterocycles. The lowest BCUT2D eigenvalue weighted by atomic mass is 10.1. The predicted molar refractivity (Wildman–Crippen MR) is 76.9 cm³/mol. The van der Waals surface area contributed by atoms with Crippen LogP contribution in [0.1, 0.15) is 23.0 Å². The minimum Gasteiger partial charge on any atom is -0.462 e. The van der Waals surface area contributed by atoms with Crippen molar-refractivity contribution in [3.05, 3.63) is 47.8 Å². The first-order valence-electron chi connectivity index (χ1n) is 6.75. The first-order chi connectivity index (χ1) is 10.6. The average molecular weight is 300 g/mol. The molecule has 0 aromatic carbocycles. The number of ether oxygens (including phenoxy) is 1. The van der Waals surface area contributed by atoms with Gasteiger partial charge in [0.25, 0.3) is 0 Å². The van der Waals surface area contributed by atoms with Gasteiger partial charge in [0.2, 0.25) is 5.95 Å². The van der Waals surface area contributed by atoms with Crippen molar-refractivity contribution in [2.75, 3.05) is 6.61 Å². The third kappa shape index (κ3) is 2.30. The number of carbonyl (C=O) groups excluding carboxylic acids is 1. The van der Waals surface area contributed by atoms with E-state index in [0.29, 0.717) is 11.3 Å². The Labute approximate surface area is 125 Å². The summed E-state index contributed by atoms with van der Waals surface area (Å²) in [5, 5.41) is 4.25. The van der Waals surface area contributed by atoms with E-state index in [4.69, 9.17) is 4.74 Å². The number of carbonyl (C=O) groups is 1. The van der Waals surface area contributed by atoms with Gasteiger partial charge in [-0.3, -0.25) is 0 Å². The van der Waals surface area contributed by atoms with Gasteiger partial charge in [0.15, 0.2) is 5.65 Å². The summed E-state index contributed by atoms with van der Waals surface area (Å²) in [6.07, 6.45) is 3.17. The summed E-state index contributed by atoms with van der Waals surface area (Å²) in [6, 6.07) is 4.87. The second-order valence-electron chi connectivity index (χ2n) is 4.62. The molecule has 3 heterocycles. The zero-order valence-electron chi connectivity index (χ0n) is 12.1. The van der Waals surface area contributed by atoms with Crippen molar-refractivity contribution in [1.82, 2.24) is 19.6 Å². The first-order valence-corrected chi connectivity index (χ1v) is 6.75. The van der Waals surface area contributed by atoms with Gasteiger partial charge in [-0.2, -0.15) is 9.49 Å². The van der Waals surface area contributed by atoms with E-state index in [2.05, 4.69) is 15.1 Å². The van der Waals surface area contributed by atoms with Crippen LogP contribution in [0, 0.1) is 12.9 Å². The molecule has 0 amide bonds. The quantitative estimate of drug-likeness (QED) is 0.549. The van der Waals surface area contributed by atoms with Crippen molar-refractivity contribution in [2.45, 2.75) is 13.8 Å². The van der Waals surface area contributed by atoms with Crippen LogP contribution in [0.25, 0.3) is 16.9 Å². The largest absolute Gasteiger partial charge is 0.462 e. The highest BCUT2D eigenvalue weighted by Crippen LogP contribution is 2.27. The van der Waals surface area contributed by atoms with Crippen LogP contribution in [0.2, 0.25) is 0 Å². The number of hydrogen-bond donors (Lipinski definition) is 0. The molecule has 0 unspecified atom stereocenters. The SMILES string of the molecule is CCOC(=O)c1c(-c2ccc(C)nc2F)nn2cccnc12. The standard InChI is InChI=1S/C15H13FN4O2/c1-3-22-15(21)11-12(10-6-5-9(2)18-13(10)16)19-20-8-4-7-17-14(11)20/h4-8H,3H2,1-2H3. The molecule has 22 heavy (non-hydrogen) atoms. The van der Waals surface area contributed by atoms with E-state index in [1.165, 1.54) is 10.7 Å². The number of nitrogens with zero attached hydrogens (tertiary/aromatic N) is 4. The Balaban J connectivity index is 2.28. The molecule has 3 aromatic heterocycles. The monoisotopic (exact) mass is 300 g/mol. The Bertz CT molecular complexity index is 860. The highest BCUT2D eigenvalue weighted by molar-refractivity contribution is 6.02. The van der Waals surface area contributed by atoms with Gasteiger partial charge >= 0.3 is 5.97 Å². The van der Waals surface area contributed by atoms with E-state index in [1.54, 1.807) is 38.2 Å². The second-order valence-corrected chi connectivity index (χ2v) is 4.62. The minimum absolute atomic E-state index is 0.131. The minimum atomic E-state index is -0.686. The third-order valence-electron chi connectivity index (χ3n) is 3.12. The van der Waals surface area contributed by atoms with E-state index in [-0.39, 0.29) is 23.4 Å². The molecule has 6 nitrogen and oxygen atoms in total. The lowest BCUT2D eigenvalue weighted by molar-refractivity contribution is 0.0529. The summed E-state index contributed by atoms with van der Waals surface area (Å²) >= 11 is 0. The molecule has 0 saturated carbocycles. The van der Waals surface area contributed by atoms with Crippen molar-refractivity contribution in [2.24, 2.45) is 0 Å². The van der Waals surface area contributed by atoms with Crippen LogP contribution in [0.15, 0.2) is 30.6 Å². The van der Waals surface area contributed by atoms with Crippen LogP contribution in [-0.4, -0.2) is 32.2 Å². The van der Waals surface area contributed by atoms with Crippen LogP contribution in [-0.2, 0) is 4.74 Å². The lowest BCUT2D eigenvalue weighted by Gasteiger charge is -2.04. The first kappa shape index (κ1) is 14.1. The number of hydrogen-bond acceptors (Lipinski definition) is 5. The van der Waals surface area contributed by atoms with Gasteiger partial charge in [-0.15, -0.1) is 0 Å². The normalized spacial score (nSPS) is 10.9. The van der Waals surface area contributed by atoms with Crippen molar-refractivity contribution in [3.8, 4) is 11.3 Å². The fraction of sp³-hybridized carbons (Fsp3) is 0.200. The molecule has 7 heteroatoms. The summed E-state index contributed by atoms with van der Waals surface area (Å²) in [5.74, 6) is -1.28. The molecule has 0 atom stereocenters. The maximum atomic E-state index is 14.2. The maximum Gasteiger partial charge on any atom is 0.344 e. The van der Waals surface area contributed by atoms with Gasteiger partial charge < -0.3 is 4.74 Å². The number of rotatable bonds is 3. The fourth-order valence-electron chi connectivity index (χ4n) is 2.17. The molecule has 0 fully saturated rings. The van der Waals surface area contributed by atoms with E-state index < -0.39 is 11.9 Å². The molecule has 0 aliphatic heterocycles. The molecule has 0 aliphatic carbocycles. The maximum absolute atomic E-state index is 14.2. The molecule has 3 aromatic rings. The van der Waals surface area contributed by atoms with Gasteiger partial charge in [-0.25, -0.2) is 19.3 Å². The summed E-state index contributed by atoms with van der Waals surface area (Å²) in [4.78, 5) is 20.1. The van der Waals surface area contributed by atoms with Crippen LogP contribution in [0.4, 0.5) is 4.39 Å². The van der Waals surface area contributed by atoms with Crippen LogP contribution in [0.5, 0.6) is 0 Å². The smallest absolute Gasteiger partial charge is 0.344 e. The molecule has 3 rings (SSSR count). The van der Waals surface area contributed by atoms with Crippen molar-refractivity contribution in [3.63, 3.8) is 0 Å². The van der Waals surface area contributed by atoms with E-state index >= 15 is 0 Å². The summed E-state index contributed by atoms with van der Waals surface area (Å²) in [6.45, 7) is 3.59. The Hall–Kier alpha value is -2.83. The van der Waals surface area contributed by atoms with Crippen LogP contribution >= 0.6 is 0 Å². The average Bonchev–Trinajstić information content (AvgIpc) is 2.86. The Morgan fingerprint density at radius 2 is 2.23 bits per heavy atom. The number of halogens is 1. The topological polar surface area (TPSA) is 69.4 Å². The van der Waals surface area contributed by atoms with Gasteiger partial charge in [0.1, 0.15) is 11.3 Å². The Kier molecular flexibility index (Phi) is 3.54. The molecule has 0 N–H and O–H groups in total. The van der Waals surface area contributed by atoms with Crippen LogP contribution in [0.3, 0.4) is 0 Å². The molecule has 112 valence electrons. The summed E-state index contributed by atoms with van der Waals surface area (Å²) in [7, 11) is 0. The fourth-order valence-corrected chi connectivity index (χ4v) is 2.17. The van der Waals surface area contributed by atoms with Gasteiger partial charge in [-0.05, 0) is 32.0 Å². The number of pyridine rings is 1. The van der Waals surface area contributed by atoms with E-state index in [0.717, 1.165) is 0 Å². The molecule has 0 aliphatic rings. The van der Waals surface area contributed by atoms with Crippen LogP contribution < -0.4 is 0 Å². The summed E-state index contributed by atoms with van der Waals surface area (Å²) in [5.41, 5.74) is 1.30. The zero-order valence-corrected chi connectivity index (χ0v) is 12.1. The Morgan fingerprint density at radius 1 is 1.41 bits per heavy atom. The van der Waals surface area contributed by atoms with Crippen molar-refractivity contribution >= 4 is 11.6 Å². The van der Waals surface area contributed by atoms with Gasteiger partial charge in [0.05, 0.1) is 12.2 Å². The van der Waals surface area contributed by atoms with Gasteiger partial charge in [0, 0.05) is 18.1 Å². The molecule has 0 spiro atoms.